The van der Waals surface area contributed by atoms with E-state index in [2.05, 4.69) is 31.0 Å². The highest BCUT2D eigenvalue weighted by atomic mass is 16.3. The molecule has 2 aromatic heterocycles. The lowest BCUT2D eigenvalue weighted by atomic mass is 10.1. The van der Waals surface area contributed by atoms with Crippen LogP contribution in [0.1, 0.15) is 18.1 Å². The highest BCUT2D eigenvalue weighted by molar-refractivity contribution is 5.77. The maximum Gasteiger partial charge on any atom is 0.329 e. The van der Waals surface area contributed by atoms with Crippen LogP contribution in [0.3, 0.4) is 0 Å². The van der Waals surface area contributed by atoms with Gasteiger partial charge in [-0.3, -0.25) is 9.13 Å². The zero-order chi connectivity index (χ0) is 19.1. The van der Waals surface area contributed by atoms with E-state index in [0.29, 0.717) is 13.1 Å². The molecule has 0 aliphatic carbocycles. The first-order valence-electron chi connectivity index (χ1n) is 9.27. The minimum Gasteiger partial charge on any atom is -0.389 e. The molecule has 0 saturated heterocycles. The summed E-state index contributed by atoms with van der Waals surface area (Å²) in [6.07, 6.45) is 1.06. The number of fused-ring (bicyclic) bond motifs is 2. The second kappa shape index (κ2) is 6.70. The number of rotatable bonds is 5. The molecular weight excluding hydrogens is 340 g/mol. The van der Waals surface area contributed by atoms with Gasteiger partial charge in [0.05, 0.1) is 47.6 Å². The number of aliphatic hydroxyl groups excluding tert-OH is 1. The molecule has 2 aromatic carbocycles. The van der Waals surface area contributed by atoms with Crippen molar-refractivity contribution >= 4 is 22.1 Å². The van der Waals surface area contributed by atoms with Gasteiger partial charge in [0.2, 0.25) is 0 Å². The molecule has 4 aromatic rings. The maximum absolute atomic E-state index is 12.7. The molecule has 140 valence electrons. The van der Waals surface area contributed by atoms with E-state index < -0.39 is 6.10 Å². The van der Waals surface area contributed by atoms with Gasteiger partial charge in [-0.15, -0.1) is 0 Å². The molecule has 0 aliphatic heterocycles. The van der Waals surface area contributed by atoms with Crippen LogP contribution in [0.5, 0.6) is 0 Å². The summed E-state index contributed by atoms with van der Waals surface area (Å²) >= 11 is 0. The van der Waals surface area contributed by atoms with Crippen molar-refractivity contribution < 1.29 is 5.11 Å². The minimum atomic E-state index is -0.696. The largest absolute Gasteiger partial charge is 0.389 e. The van der Waals surface area contributed by atoms with E-state index >= 15 is 0 Å². The van der Waals surface area contributed by atoms with E-state index in [4.69, 9.17) is 0 Å². The summed E-state index contributed by atoms with van der Waals surface area (Å²) in [5, 5.41) is 10.7. The van der Waals surface area contributed by atoms with E-state index in [-0.39, 0.29) is 12.2 Å². The molecular formula is C21H24N4O2. The van der Waals surface area contributed by atoms with Crippen molar-refractivity contribution in [3.8, 4) is 0 Å². The van der Waals surface area contributed by atoms with Gasteiger partial charge in [-0.25, -0.2) is 9.78 Å². The van der Waals surface area contributed by atoms with Crippen molar-refractivity contribution in [1.29, 1.82) is 0 Å². The Hall–Kier alpha value is -2.86. The molecule has 0 amide bonds. The number of nitrogens with zero attached hydrogens (tertiary/aromatic N) is 4. The Kier molecular flexibility index (Phi) is 4.36. The Morgan fingerprint density at radius 1 is 1.00 bits per heavy atom. The second-order valence-corrected chi connectivity index (χ2v) is 7.10. The van der Waals surface area contributed by atoms with E-state index in [1.54, 1.807) is 15.5 Å². The maximum atomic E-state index is 12.7. The molecule has 0 fully saturated rings. The molecule has 0 bridgehead atoms. The van der Waals surface area contributed by atoms with Gasteiger partial charge in [-0.2, -0.15) is 0 Å². The first-order valence-corrected chi connectivity index (χ1v) is 9.27. The van der Waals surface area contributed by atoms with Crippen LogP contribution in [-0.2, 0) is 19.6 Å². The van der Waals surface area contributed by atoms with Crippen LogP contribution in [-0.4, -0.2) is 29.9 Å². The third-order valence-corrected chi connectivity index (χ3v) is 5.28. The van der Waals surface area contributed by atoms with Crippen LogP contribution in [0.25, 0.3) is 22.1 Å². The van der Waals surface area contributed by atoms with Gasteiger partial charge >= 0.3 is 5.69 Å². The lowest BCUT2D eigenvalue weighted by Crippen LogP contribution is -2.30. The van der Waals surface area contributed by atoms with Crippen molar-refractivity contribution in [1.82, 2.24) is 18.7 Å². The van der Waals surface area contributed by atoms with Gasteiger partial charge in [-0.05, 0) is 56.2 Å². The lowest BCUT2D eigenvalue weighted by Gasteiger charge is -2.13. The van der Waals surface area contributed by atoms with Gasteiger partial charge in [0, 0.05) is 6.54 Å². The van der Waals surface area contributed by atoms with Crippen molar-refractivity contribution in [2.75, 3.05) is 0 Å². The number of imidazole rings is 2. The normalized spacial score (nSPS) is 12.9. The van der Waals surface area contributed by atoms with Crippen LogP contribution in [0.2, 0.25) is 0 Å². The van der Waals surface area contributed by atoms with Crippen LogP contribution in [0.15, 0.2) is 47.5 Å². The molecule has 1 atom stereocenters. The van der Waals surface area contributed by atoms with Crippen LogP contribution >= 0.6 is 0 Å². The Bertz CT molecular complexity index is 1180. The number of hydrogen-bond donors (Lipinski definition) is 1. The molecule has 6 heteroatoms. The average Bonchev–Trinajstić information content (AvgIpc) is 3.14. The highest BCUT2D eigenvalue weighted by Crippen LogP contribution is 2.19. The van der Waals surface area contributed by atoms with Crippen LogP contribution in [0.4, 0.5) is 0 Å². The van der Waals surface area contributed by atoms with Gasteiger partial charge in [0.15, 0.2) is 0 Å². The smallest absolute Gasteiger partial charge is 0.329 e. The summed E-state index contributed by atoms with van der Waals surface area (Å²) in [7, 11) is 0. The van der Waals surface area contributed by atoms with Crippen molar-refractivity contribution in [2.24, 2.45) is 0 Å². The van der Waals surface area contributed by atoms with Crippen molar-refractivity contribution in [3.63, 3.8) is 0 Å². The fourth-order valence-corrected chi connectivity index (χ4v) is 3.71. The topological polar surface area (TPSA) is 65.0 Å². The average molecular weight is 364 g/mol. The zero-order valence-corrected chi connectivity index (χ0v) is 15.9. The highest BCUT2D eigenvalue weighted by Gasteiger charge is 2.16. The number of aryl methyl sites for hydroxylation is 3. The zero-order valence-electron chi connectivity index (χ0n) is 15.9. The minimum absolute atomic E-state index is 0.0836. The Labute approximate surface area is 157 Å². The quantitative estimate of drug-likeness (QED) is 0.592. The summed E-state index contributed by atoms with van der Waals surface area (Å²) in [5.41, 5.74) is 5.99. The third-order valence-electron chi connectivity index (χ3n) is 5.28. The first kappa shape index (κ1) is 17.5. The second-order valence-electron chi connectivity index (χ2n) is 7.10. The van der Waals surface area contributed by atoms with Gasteiger partial charge in [0.25, 0.3) is 0 Å². The lowest BCUT2D eigenvalue weighted by molar-refractivity contribution is 0.135. The molecule has 2 heterocycles. The summed E-state index contributed by atoms with van der Waals surface area (Å²) in [6, 6.07) is 11.9. The molecule has 4 rings (SSSR count). The SMILES string of the molecule is CCn1c(=O)n(C[C@@H](O)Cn2cnc3cc(C)c(C)cc32)c2ccccc21. The molecule has 1 N–H and O–H groups in total. The molecule has 0 unspecified atom stereocenters. The number of aromatic nitrogens is 4. The van der Waals surface area contributed by atoms with Crippen molar-refractivity contribution in [3.05, 3.63) is 64.3 Å². The predicted octanol–water partition coefficient (Wildman–Crippen LogP) is 2.85. The summed E-state index contributed by atoms with van der Waals surface area (Å²) in [6.45, 7) is 7.33. The Morgan fingerprint density at radius 2 is 1.67 bits per heavy atom. The van der Waals surface area contributed by atoms with E-state index in [0.717, 1.165) is 22.1 Å². The predicted molar refractivity (Wildman–Crippen MR) is 107 cm³/mol. The number of hydrogen-bond acceptors (Lipinski definition) is 3. The van der Waals surface area contributed by atoms with Gasteiger partial charge in [-0.1, -0.05) is 12.1 Å². The van der Waals surface area contributed by atoms with E-state index in [1.807, 2.05) is 35.8 Å². The van der Waals surface area contributed by atoms with E-state index in [9.17, 15) is 9.90 Å². The monoisotopic (exact) mass is 364 g/mol. The molecule has 0 aliphatic rings. The fraction of sp³-hybridized carbons (Fsp3) is 0.333. The van der Waals surface area contributed by atoms with E-state index in [1.165, 1.54) is 11.1 Å². The summed E-state index contributed by atoms with van der Waals surface area (Å²) in [5.74, 6) is 0. The molecule has 0 saturated carbocycles. The van der Waals surface area contributed by atoms with Gasteiger partial charge in [0.1, 0.15) is 0 Å². The van der Waals surface area contributed by atoms with Crippen molar-refractivity contribution in [2.45, 2.75) is 46.5 Å². The summed E-state index contributed by atoms with van der Waals surface area (Å²) in [4.78, 5) is 17.2. The third kappa shape index (κ3) is 2.96. The molecule has 0 radical (unpaired) electrons. The first-order chi connectivity index (χ1) is 13.0. The molecule has 0 spiro atoms. The fourth-order valence-electron chi connectivity index (χ4n) is 3.71. The van der Waals surface area contributed by atoms with Gasteiger partial charge < -0.3 is 9.67 Å². The summed E-state index contributed by atoms with van der Waals surface area (Å²) < 4.78 is 5.36. The Morgan fingerprint density at radius 3 is 2.37 bits per heavy atom. The number of benzene rings is 2. The number of aliphatic hydroxyl groups is 1. The number of para-hydroxylation sites is 2. The molecule has 6 nitrogen and oxygen atoms in total. The Balaban J connectivity index is 1.65. The van der Waals surface area contributed by atoms with Crippen LogP contribution in [0, 0.1) is 13.8 Å². The standard InChI is InChI=1S/C21H24N4O2/c1-4-24-18-7-5-6-8-19(18)25(21(24)27)12-16(26)11-23-13-22-17-9-14(2)15(3)10-20(17)23/h5-10,13,16,26H,4,11-12H2,1-3H3/t16-/m0/s1. The van der Waals surface area contributed by atoms with Crippen LogP contribution < -0.4 is 5.69 Å². The molecule has 27 heavy (non-hydrogen) atoms.